The van der Waals surface area contributed by atoms with Gasteiger partial charge in [-0.05, 0) is 51.4 Å². The van der Waals surface area contributed by atoms with Gasteiger partial charge in [0.05, 0.1) is 25.4 Å². The van der Waals surface area contributed by atoms with E-state index in [-0.39, 0.29) is 18.5 Å². The lowest BCUT2D eigenvalue weighted by atomic mass is 10.0. The third-order valence-electron chi connectivity index (χ3n) is 16.1. The van der Waals surface area contributed by atoms with E-state index in [0.717, 1.165) is 51.4 Å². The molecule has 440 valence electrons. The first kappa shape index (κ1) is 72.6. The number of hydrogen-bond acceptors (Lipinski definition) is 5. The van der Waals surface area contributed by atoms with Crippen LogP contribution in [0.3, 0.4) is 0 Å². The molecule has 0 aromatic carbocycles. The van der Waals surface area contributed by atoms with E-state index in [0.29, 0.717) is 25.9 Å². The van der Waals surface area contributed by atoms with E-state index in [2.05, 4.69) is 31.3 Å². The van der Waals surface area contributed by atoms with Crippen molar-refractivity contribution in [2.24, 2.45) is 0 Å². The summed E-state index contributed by atoms with van der Waals surface area (Å²) >= 11 is 0. The molecule has 0 aromatic heterocycles. The van der Waals surface area contributed by atoms with Gasteiger partial charge in [-0.1, -0.05) is 334 Å². The summed E-state index contributed by atoms with van der Waals surface area (Å²) in [6.45, 7) is 4.97. The van der Waals surface area contributed by atoms with Crippen LogP contribution in [0, 0.1) is 0 Å². The monoisotopic (exact) mass is 1040 g/mol. The summed E-state index contributed by atoms with van der Waals surface area (Å²) < 4.78 is 5.50. The lowest BCUT2D eigenvalue weighted by molar-refractivity contribution is -0.143. The highest BCUT2D eigenvalue weighted by Gasteiger charge is 2.20. The van der Waals surface area contributed by atoms with Gasteiger partial charge in [0, 0.05) is 12.8 Å². The molecule has 1 amide bonds. The molecule has 0 bridgehead atoms. The van der Waals surface area contributed by atoms with Crippen LogP contribution in [0.2, 0.25) is 0 Å². The molecule has 0 heterocycles. The first-order valence-corrected chi connectivity index (χ1v) is 33.9. The number of aliphatic hydroxyl groups excluding tert-OH is 2. The van der Waals surface area contributed by atoms with E-state index in [1.807, 2.05) is 0 Å². The second-order valence-corrected chi connectivity index (χ2v) is 23.5. The average Bonchev–Trinajstić information content (AvgIpc) is 3.40. The lowest BCUT2D eigenvalue weighted by Crippen LogP contribution is -2.45. The molecule has 0 aliphatic heterocycles. The Hall–Kier alpha value is -1.40. The number of rotatable bonds is 64. The van der Waals surface area contributed by atoms with Crippen LogP contribution >= 0.6 is 0 Å². The summed E-state index contributed by atoms with van der Waals surface area (Å²) in [4.78, 5) is 24.7. The number of unbranched alkanes of at least 4 members (excludes halogenated alkanes) is 51. The maximum atomic E-state index is 12.5. The molecule has 0 rings (SSSR count). The van der Waals surface area contributed by atoms with Crippen LogP contribution in [-0.2, 0) is 14.3 Å². The van der Waals surface area contributed by atoms with Crippen molar-refractivity contribution in [1.29, 1.82) is 0 Å². The fourth-order valence-corrected chi connectivity index (χ4v) is 10.9. The lowest BCUT2D eigenvalue weighted by Gasteiger charge is -2.22. The van der Waals surface area contributed by atoms with Gasteiger partial charge < -0.3 is 20.3 Å². The number of carbonyl (C=O) groups excluding carboxylic acids is 2. The summed E-state index contributed by atoms with van der Waals surface area (Å²) in [5.74, 6) is -0.0413. The minimum atomic E-state index is -0.673. The second kappa shape index (κ2) is 64.1. The van der Waals surface area contributed by atoms with Crippen molar-refractivity contribution in [2.75, 3.05) is 13.2 Å². The molecule has 0 spiro atoms. The predicted molar refractivity (Wildman–Crippen MR) is 324 cm³/mol. The Morgan fingerprint density at radius 1 is 0.365 bits per heavy atom. The number of ether oxygens (including phenoxy) is 1. The van der Waals surface area contributed by atoms with Crippen molar-refractivity contribution < 1.29 is 24.5 Å². The van der Waals surface area contributed by atoms with Crippen LogP contribution in [0.1, 0.15) is 386 Å². The van der Waals surface area contributed by atoms with Gasteiger partial charge in [-0.25, -0.2) is 0 Å². The fourth-order valence-electron chi connectivity index (χ4n) is 10.9. The Morgan fingerprint density at radius 3 is 0.959 bits per heavy atom. The van der Waals surface area contributed by atoms with Gasteiger partial charge in [0.25, 0.3) is 0 Å². The van der Waals surface area contributed by atoms with Gasteiger partial charge >= 0.3 is 5.97 Å². The molecular formula is C68H133NO5. The maximum absolute atomic E-state index is 12.5. The third kappa shape index (κ3) is 59.8. The Labute approximate surface area is 463 Å². The van der Waals surface area contributed by atoms with E-state index in [9.17, 15) is 19.8 Å². The zero-order chi connectivity index (χ0) is 53.6. The Balaban J connectivity index is 3.41. The van der Waals surface area contributed by atoms with Crippen LogP contribution in [0.5, 0.6) is 0 Å². The van der Waals surface area contributed by atoms with Crippen LogP contribution in [0.4, 0.5) is 0 Å². The van der Waals surface area contributed by atoms with Crippen molar-refractivity contribution in [3.05, 3.63) is 12.2 Å². The summed E-state index contributed by atoms with van der Waals surface area (Å²) in [6.07, 6.45) is 78.0. The van der Waals surface area contributed by atoms with E-state index >= 15 is 0 Å². The molecule has 6 nitrogen and oxygen atoms in total. The molecule has 0 fully saturated rings. The number of carbonyl (C=O) groups is 2. The molecule has 0 radical (unpaired) electrons. The average molecular weight is 1040 g/mol. The van der Waals surface area contributed by atoms with Gasteiger partial charge in [0.2, 0.25) is 5.91 Å². The Morgan fingerprint density at radius 2 is 0.635 bits per heavy atom. The molecule has 2 atom stereocenters. The molecule has 0 aliphatic rings. The van der Waals surface area contributed by atoms with Crippen LogP contribution in [0.25, 0.3) is 0 Å². The van der Waals surface area contributed by atoms with E-state index in [4.69, 9.17) is 4.74 Å². The van der Waals surface area contributed by atoms with Crippen molar-refractivity contribution in [3.63, 3.8) is 0 Å². The molecule has 3 N–H and O–H groups in total. The minimum Gasteiger partial charge on any atom is -0.466 e. The minimum absolute atomic E-state index is 0.000902. The highest BCUT2D eigenvalue weighted by atomic mass is 16.5. The zero-order valence-corrected chi connectivity index (χ0v) is 50.4. The predicted octanol–water partition coefficient (Wildman–Crippen LogP) is 21.6. The first-order chi connectivity index (χ1) is 36.5. The maximum Gasteiger partial charge on any atom is 0.305 e. The van der Waals surface area contributed by atoms with Crippen molar-refractivity contribution >= 4 is 11.9 Å². The SMILES string of the molecule is CCCCCCCC/C=C\CCCCCCCCCCCC(=O)OCCCCCCCCCCCCCCCCC(=O)NC(CO)C(O)CCCCCCCCCCCCCCCCCCCCCCCCCC. The third-order valence-corrected chi connectivity index (χ3v) is 16.1. The molecular weight excluding hydrogens is 911 g/mol. The highest BCUT2D eigenvalue weighted by molar-refractivity contribution is 5.76. The normalized spacial score (nSPS) is 12.5. The molecule has 0 aromatic rings. The van der Waals surface area contributed by atoms with Gasteiger partial charge in [0.15, 0.2) is 0 Å². The number of esters is 1. The molecule has 0 aliphatic carbocycles. The summed E-state index contributed by atoms with van der Waals surface area (Å²) in [6, 6.07) is -0.550. The van der Waals surface area contributed by atoms with Gasteiger partial charge in [-0.2, -0.15) is 0 Å². The fraction of sp³-hybridized carbons (Fsp3) is 0.941. The van der Waals surface area contributed by atoms with Gasteiger partial charge in [-0.15, -0.1) is 0 Å². The number of aliphatic hydroxyl groups is 2. The standard InChI is InChI=1S/C68H133NO5/c1-3-5-7-9-11-13-15-17-19-21-23-24-25-26-27-29-30-32-36-40-44-48-52-56-60-66(71)65(64-70)69-67(72)61-57-53-49-45-41-37-34-35-39-43-47-51-55-59-63-74-68(73)62-58-54-50-46-42-38-33-31-28-22-20-18-16-14-12-10-8-6-4-2/h18,20,65-66,70-71H,3-17,19,21-64H2,1-2H3,(H,69,72)/b20-18-. The number of hydrogen-bond donors (Lipinski definition) is 3. The van der Waals surface area contributed by atoms with Crippen molar-refractivity contribution in [1.82, 2.24) is 5.32 Å². The van der Waals surface area contributed by atoms with Crippen LogP contribution < -0.4 is 5.32 Å². The van der Waals surface area contributed by atoms with Crippen molar-refractivity contribution in [2.45, 2.75) is 398 Å². The summed E-state index contributed by atoms with van der Waals surface area (Å²) in [7, 11) is 0. The number of allylic oxidation sites excluding steroid dienone is 2. The Kier molecular flexibility index (Phi) is 62.9. The van der Waals surface area contributed by atoms with E-state index < -0.39 is 12.1 Å². The largest absolute Gasteiger partial charge is 0.466 e. The van der Waals surface area contributed by atoms with Crippen LogP contribution in [0.15, 0.2) is 12.2 Å². The highest BCUT2D eigenvalue weighted by Crippen LogP contribution is 2.19. The van der Waals surface area contributed by atoms with Crippen molar-refractivity contribution in [3.8, 4) is 0 Å². The van der Waals surface area contributed by atoms with E-state index in [1.54, 1.807) is 0 Å². The van der Waals surface area contributed by atoms with Gasteiger partial charge in [-0.3, -0.25) is 9.59 Å². The number of nitrogens with one attached hydrogen (secondary N) is 1. The smallest absolute Gasteiger partial charge is 0.305 e. The van der Waals surface area contributed by atoms with Crippen LogP contribution in [-0.4, -0.2) is 47.4 Å². The quantitative estimate of drug-likeness (QED) is 0.0320. The molecule has 0 saturated carbocycles. The number of amides is 1. The van der Waals surface area contributed by atoms with E-state index in [1.165, 1.54) is 302 Å². The molecule has 6 heteroatoms. The summed E-state index contributed by atoms with van der Waals surface area (Å²) in [5.41, 5.74) is 0. The summed E-state index contributed by atoms with van der Waals surface area (Å²) in [5, 5.41) is 23.4. The van der Waals surface area contributed by atoms with Gasteiger partial charge in [0.1, 0.15) is 0 Å². The zero-order valence-electron chi connectivity index (χ0n) is 50.4. The molecule has 74 heavy (non-hydrogen) atoms. The second-order valence-electron chi connectivity index (χ2n) is 23.5. The molecule has 0 saturated heterocycles. The first-order valence-electron chi connectivity index (χ1n) is 33.9. The molecule has 2 unspecified atom stereocenters. The topological polar surface area (TPSA) is 95.9 Å². The Bertz CT molecular complexity index is 1110.